The SMILES string of the molecule is Cc1c(-c2cc(-c3ccccc3O)nnc2N)cnn1C1CCN(C2CCCCC2)CC1.O=C1CCC(N2CCOc3ccccc32)C(=O)N1. The molecule has 5 heterocycles. The number of rotatable bonds is 5. The molecule has 50 heavy (non-hydrogen) atoms. The number of piperidine rings is 2. The Morgan fingerprint density at radius 1 is 0.860 bits per heavy atom. The van der Waals surface area contributed by atoms with Crippen LogP contribution in [0, 0.1) is 6.92 Å². The van der Waals surface area contributed by atoms with Crippen LogP contribution in [0.15, 0.2) is 60.8 Å². The number of benzene rings is 2. The summed E-state index contributed by atoms with van der Waals surface area (Å²) in [5.41, 5.74) is 11.3. The highest BCUT2D eigenvalue weighted by Gasteiger charge is 2.34. The molecule has 12 nitrogen and oxygen atoms in total. The van der Waals surface area contributed by atoms with Gasteiger partial charge in [0, 0.05) is 47.9 Å². The van der Waals surface area contributed by atoms with E-state index in [0.717, 1.165) is 60.2 Å². The maximum Gasteiger partial charge on any atom is 0.249 e. The number of fused-ring (bicyclic) bond motifs is 1. The van der Waals surface area contributed by atoms with Crippen molar-refractivity contribution in [3.63, 3.8) is 0 Å². The molecule has 0 radical (unpaired) electrons. The summed E-state index contributed by atoms with van der Waals surface area (Å²) in [5, 5.41) is 25.8. The van der Waals surface area contributed by atoms with Gasteiger partial charge in [-0.3, -0.25) is 19.6 Å². The lowest BCUT2D eigenvalue weighted by atomic mass is 9.92. The van der Waals surface area contributed by atoms with Gasteiger partial charge in [-0.1, -0.05) is 43.5 Å². The topological polar surface area (TPSA) is 152 Å². The molecule has 0 bridgehead atoms. The van der Waals surface area contributed by atoms with Crippen LogP contribution in [0.2, 0.25) is 0 Å². The van der Waals surface area contributed by atoms with Crippen LogP contribution in [0.25, 0.3) is 22.4 Å². The zero-order valence-electron chi connectivity index (χ0n) is 28.6. The molecular weight excluding hydrogens is 632 g/mol. The highest BCUT2D eigenvalue weighted by atomic mass is 16.5. The molecule has 0 spiro atoms. The molecule has 2 aromatic heterocycles. The minimum atomic E-state index is -0.271. The Labute approximate surface area is 292 Å². The smallest absolute Gasteiger partial charge is 0.249 e. The molecule has 2 aromatic carbocycles. The first-order chi connectivity index (χ1) is 24.4. The van der Waals surface area contributed by atoms with Crippen molar-refractivity contribution in [3.05, 3.63) is 66.5 Å². The Morgan fingerprint density at radius 3 is 2.40 bits per heavy atom. The number of nitrogens with two attached hydrogens (primary N) is 1. The zero-order chi connectivity index (χ0) is 34.6. The Bertz CT molecular complexity index is 1830. The first-order valence-electron chi connectivity index (χ1n) is 17.9. The number of nitrogens with one attached hydrogen (secondary N) is 1. The molecule has 12 heteroatoms. The summed E-state index contributed by atoms with van der Waals surface area (Å²) < 4.78 is 7.73. The van der Waals surface area contributed by atoms with Crippen LogP contribution < -0.4 is 20.7 Å². The molecule has 4 N–H and O–H groups in total. The number of hydrogen-bond donors (Lipinski definition) is 3. The molecule has 3 fully saturated rings. The van der Waals surface area contributed by atoms with E-state index in [1.165, 1.54) is 32.1 Å². The molecular formula is C38H46N8O4. The van der Waals surface area contributed by atoms with Crippen LogP contribution >= 0.6 is 0 Å². The molecule has 1 atom stereocenters. The normalized spacial score (nSPS) is 20.3. The minimum absolute atomic E-state index is 0.176. The fourth-order valence-electron chi connectivity index (χ4n) is 7.93. The lowest BCUT2D eigenvalue weighted by Gasteiger charge is -2.39. The number of carbonyl (C=O) groups is 2. The molecule has 262 valence electrons. The predicted molar refractivity (Wildman–Crippen MR) is 192 cm³/mol. The van der Waals surface area contributed by atoms with Gasteiger partial charge in [0.2, 0.25) is 11.8 Å². The number of nitrogens with zero attached hydrogens (tertiary/aromatic N) is 6. The van der Waals surface area contributed by atoms with E-state index in [1.807, 2.05) is 53.6 Å². The van der Waals surface area contributed by atoms with Gasteiger partial charge < -0.3 is 25.4 Å². The van der Waals surface area contributed by atoms with Crippen molar-refractivity contribution in [2.24, 2.45) is 0 Å². The van der Waals surface area contributed by atoms with Crippen LogP contribution in [0.1, 0.15) is 69.5 Å². The second-order valence-corrected chi connectivity index (χ2v) is 13.7. The van der Waals surface area contributed by atoms with Gasteiger partial charge in [0.15, 0.2) is 5.82 Å². The average Bonchev–Trinajstić information content (AvgIpc) is 3.53. The number of anilines is 2. The predicted octanol–water partition coefficient (Wildman–Crippen LogP) is 5.26. The van der Waals surface area contributed by atoms with E-state index in [1.54, 1.807) is 12.1 Å². The van der Waals surface area contributed by atoms with Gasteiger partial charge in [0.25, 0.3) is 0 Å². The number of carbonyl (C=O) groups excluding carboxylic acids is 2. The average molecular weight is 679 g/mol. The van der Waals surface area contributed by atoms with E-state index >= 15 is 0 Å². The van der Waals surface area contributed by atoms with Crippen molar-refractivity contribution in [1.82, 2.24) is 30.2 Å². The number of ether oxygens (including phenoxy) is 1. The largest absolute Gasteiger partial charge is 0.507 e. The van der Waals surface area contributed by atoms with E-state index in [0.29, 0.717) is 49.1 Å². The molecule has 2 saturated heterocycles. The monoisotopic (exact) mass is 678 g/mol. The van der Waals surface area contributed by atoms with Gasteiger partial charge in [-0.2, -0.15) is 5.10 Å². The third kappa shape index (κ3) is 7.02. The number of para-hydroxylation sites is 3. The fourth-order valence-corrected chi connectivity index (χ4v) is 7.93. The van der Waals surface area contributed by atoms with Crippen LogP contribution in [-0.2, 0) is 9.59 Å². The summed E-state index contributed by atoms with van der Waals surface area (Å²) >= 11 is 0. The standard InChI is InChI=1S/C25H32N6O.C13H14N2O3/c1-17-22(21-15-23(28-29-25(21)26)20-9-5-6-10-24(20)32)16-27-31(17)19-11-13-30(14-12-19)18-7-3-2-4-8-18;16-12-6-5-10(13(17)14-12)15-7-8-18-11-4-2-1-3-9(11)15/h5-6,9-10,15-16,18-19,32H,2-4,7-8,11-14H2,1H3,(H2,26,29);1-4,10H,5-8H2,(H,14,16,17). The number of nitrogen functional groups attached to an aromatic ring is 1. The van der Waals surface area contributed by atoms with Gasteiger partial charge in [0.05, 0.1) is 30.2 Å². The zero-order valence-corrected chi connectivity index (χ0v) is 28.6. The number of hydrogen-bond acceptors (Lipinski definition) is 10. The summed E-state index contributed by atoms with van der Waals surface area (Å²) in [5.74, 6) is 0.961. The molecule has 1 aliphatic carbocycles. The molecule has 1 unspecified atom stereocenters. The highest BCUT2D eigenvalue weighted by molar-refractivity contribution is 6.01. The van der Waals surface area contributed by atoms with Crippen LogP contribution in [0.5, 0.6) is 11.5 Å². The number of amides is 2. The quantitative estimate of drug-likeness (QED) is 0.238. The maximum atomic E-state index is 11.9. The van der Waals surface area contributed by atoms with E-state index in [2.05, 4.69) is 32.0 Å². The van der Waals surface area contributed by atoms with Gasteiger partial charge in [-0.25, -0.2) is 0 Å². The van der Waals surface area contributed by atoms with Crippen molar-refractivity contribution >= 4 is 23.3 Å². The molecule has 4 aromatic rings. The van der Waals surface area contributed by atoms with E-state index in [4.69, 9.17) is 15.6 Å². The van der Waals surface area contributed by atoms with Crippen LogP contribution in [0.3, 0.4) is 0 Å². The second kappa shape index (κ2) is 14.9. The van der Waals surface area contributed by atoms with Crippen LogP contribution in [0.4, 0.5) is 11.5 Å². The van der Waals surface area contributed by atoms with Crippen molar-refractivity contribution in [2.75, 3.05) is 36.9 Å². The molecule has 2 amide bonds. The third-order valence-corrected chi connectivity index (χ3v) is 10.6. The number of phenols is 1. The van der Waals surface area contributed by atoms with E-state index < -0.39 is 0 Å². The summed E-state index contributed by atoms with van der Waals surface area (Å²) in [6.45, 7) is 5.65. The van der Waals surface area contributed by atoms with Crippen molar-refractivity contribution in [3.8, 4) is 33.9 Å². The number of phenolic OH excluding ortho intramolecular Hbond substituents is 1. The maximum absolute atomic E-state index is 11.9. The van der Waals surface area contributed by atoms with Gasteiger partial charge in [0.1, 0.15) is 24.1 Å². The lowest BCUT2D eigenvalue weighted by molar-refractivity contribution is -0.134. The summed E-state index contributed by atoms with van der Waals surface area (Å²) in [6, 6.07) is 17.6. The molecule has 4 aliphatic rings. The Balaban J connectivity index is 0.000000184. The first-order valence-corrected chi connectivity index (χ1v) is 17.9. The van der Waals surface area contributed by atoms with Gasteiger partial charge in [-0.15, -0.1) is 10.2 Å². The van der Waals surface area contributed by atoms with Gasteiger partial charge >= 0.3 is 0 Å². The Kier molecular flexibility index (Phi) is 9.97. The minimum Gasteiger partial charge on any atom is -0.507 e. The Hall–Kier alpha value is -4.97. The number of aromatic nitrogens is 4. The number of aromatic hydroxyl groups is 1. The number of imide groups is 1. The van der Waals surface area contributed by atoms with Gasteiger partial charge in [-0.05, 0) is 69.4 Å². The second-order valence-electron chi connectivity index (χ2n) is 13.7. The summed E-state index contributed by atoms with van der Waals surface area (Å²) in [6.07, 6.45) is 12.0. The number of likely N-dealkylation sites (tertiary alicyclic amines) is 1. The molecule has 3 aliphatic heterocycles. The fraction of sp³-hybridized carbons (Fsp3) is 0.447. The van der Waals surface area contributed by atoms with E-state index in [-0.39, 0.29) is 23.6 Å². The van der Waals surface area contributed by atoms with Crippen molar-refractivity contribution in [1.29, 1.82) is 0 Å². The van der Waals surface area contributed by atoms with E-state index in [9.17, 15) is 14.7 Å². The summed E-state index contributed by atoms with van der Waals surface area (Å²) in [4.78, 5) is 27.8. The highest BCUT2D eigenvalue weighted by Crippen LogP contribution is 2.36. The third-order valence-electron chi connectivity index (χ3n) is 10.6. The van der Waals surface area contributed by atoms with Crippen molar-refractivity contribution in [2.45, 2.75) is 82.8 Å². The molecule has 1 saturated carbocycles. The van der Waals surface area contributed by atoms with Crippen LogP contribution in [-0.4, -0.2) is 80.1 Å². The van der Waals surface area contributed by atoms with Crippen molar-refractivity contribution < 1.29 is 19.4 Å². The summed E-state index contributed by atoms with van der Waals surface area (Å²) in [7, 11) is 0. The lowest BCUT2D eigenvalue weighted by Crippen LogP contribution is -2.54. The molecule has 8 rings (SSSR count). The first kappa shape index (κ1) is 33.5. The Morgan fingerprint density at radius 2 is 1.62 bits per heavy atom.